The third kappa shape index (κ3) is 3.10. The van der Waals surface area contributed by atoms with E-state index in [1.54, 1.807) is 0 Å². The molecule has 0 bridgehead atoms. The summed E-state index contributed by atoms with van der Waals surface area (Å²) in [6.07, 6.45) is 3.84. The quantitative estimate of drug-likeness (QED) is 0.455. The Morgan fingerprint density at radius 1 is 1.09 bits per heavy atom. The first-order valence-electron chi connectivity index (χ1n) is 4.53. The van der Waals surface area contributed by atoms with Gasteiger partial charge >= 0.3 is 0 Å². The molecule has 0 radical (unpaired) electrons. The zero-order valence-corrected chi connectivity index (χ0v) is 9.18. The summed E-state index contributed by atoms with van der Waals surface area (Å²) in [5.41, 5.74) is 0. The van der Waals surface area contributed by atoms with Gasteiger partial charge in [0.15, 0.2) is 0 Å². The predicted octanol–water partition coefficient (Wildman–Crippen LogP) is 3.54. The average Bonchev–Trinajstić information content (AvgIpc) is 2.08. The van der Waals surface area contributed by atoms with Gasteiger partial charge in [0.25, 0.3) is 0 Å². The van der Waals surface area contributed by atoms with Crippen LogP contribution in [0.1, 0.15) is 27.7 Å². The lowest BCUT2D eigenvalue weighted by Crippen LogP contribution is -2.33. The Labute approximate surface area is 71.6 Å². The number of rotatable bonds is 5. The van der Waals surface area contributed by atoms with Crippen LogP contribution in [0.4, 0.5) is 0 Å². The van der Waals surface area contributed by atoms with E-state index in [0.29, 0.717) is 0 Å². The van der Waals surface area contributed by atoms with Crippen LogP contribution in [0.15, 0.2) is 12.3 Å². The van der Waals surface area contributed by atoms with Gasteiger partial charge in [-0.05, 0) is 25.1 Å². The SMILES string of the molecule is C/C=C/O[Si](CC)(CC)CC. The normalized spacial score (nSPS) is 12.4. The van der Waals surface area contributed by atoms with Gasteiger partial charge in [-0.1, -0.05) is 26.8 Å². The standard InChI is InChI=1S/C9H20OSi/c1-5-9-10-11(6-2,7-3)8-4/h5,9H,6-8H2,1-4H3/b9-5+. The first-order valence-corrected chi connectivity index (χ1v) is 7.06. The maximum Gasteiger partial charge on any atom is 0.249 e. The fourth-order valence-electron chi connectivity index (χ4n) is 1.21. The molecule has 0 aromatic heterocycles. The predicted molar refractivity (Wildman–Crippen MR) is 53.1 cm³/mol. The van der Waals surface area contributed by atoms with E-state index in [1.165, 1.54) is 18.1 Å². The van der Waals surface area contributed by atoms with Gasteiger partial charge in [0.2, 0.25) is 8.32 Å². The minimum Gasteiger partial charge on any atom is -0.549 e. The lowest BCUT2D eigenvalue weighted by atomic mass is 10.8. The van der Waals surface area contributed by atoms with Crippen molar-refractivity contribution in [2.75, 3.05) is 0 Å². The summed E-state index contributed by atoms with van der Waals surface area (Å²) in [6, 6.07) is 3.68. The second-order valence-electron chi connectivity index (χ2n) is 2.83. The molecule has 0 aromatic carbocycles. The molecule has 0 saturated heterocycles. The van der Waals surface area contributed by atoms with E-state index in [2.05, 4.69) is 20.8 Å². The molecular formula is C9H20OSi. The van der Waals surface area contributed by atoms with Gasteiger partial charge in [-0.2, -0.15) is 0 Å². The topological polar surface area (TPSA) is 9.23 Å². The minimum atomic E-state index is -1.33. The smallest absolute Gasteiger partial charge is 0.249 e. The van der Waals surface area contributed by atoms with Gasteiger partial charge in [0.1, 0.15) is 0 Å². The molecule has 0 aliphatic rings. The van der Waals surface area contributed by atoms with Crippen molar-refractivity contribution in [3.05, 3.63) is 12.3 Å². The Morgan fingerprint density at radius 2 is 1.55 bits per heavy atom. The van der Waals surface area contributed by atoms with Gasteiger partial charge in [-0.25, -0.2) is 0 Å². The highest BCUT2D eigenvalue weighted by atomic mass is 28.4. The van der Waals surface area contributed by atoms with Crippen LogP contribution in [-0.4, -0.2) is 8.32 Å². The summed E-state index contributed by atoms with van der Waals surface area (Å²) in [5.74, 6) is 0. The van der Waals surface area contributed by atoms with Crippen molar-refractivity contribution in [2.24, 2.45) is 0 Å². The van der Waals surface area contributed by atoms with Crippen LogP contribution in [0.5, 0.6) is 0 Å². The lowest BCUT2D eigenvalue weighted by Gasteiger charge is -2.26. The molecule has 0 amide bonds. The van der Waals surface area contributed by atoms with E-state index in [1.807, 2.05) is 19.3 Å². The summed E-state index contributed by atoms with van der Waals surface area (Å²) in [6.45, 7) is 8.72. The molecular weight excluding hydrogens is 152 g/mol. The number of allylic oxidation sites excluding steroid dienone is 1. The van der Waals surface area contributed by atoms with Gasteiger partial charge in [-0.3, -0.25) is 0 Å². The van der Waals surface area contributed by atoms with Crippen molar-refractivity contribution in [3.8, 4) is 0 Å². The zero-order valence-electron chi connectivity index (χ0n) is 8.18. The third-order valence-corrected chi connectivity index (χ3v) is 6.89. The highest BCUT2D eigenvalue weighted by Gasteiger charge is 2.28. The summed E-state index contributed by atoms with van der Waals surface area (Å²) < 4.78 is 5.78. The van der Waals surface area contributed by atoms with E-state index in [-0.39, 0.29) is 0 Å². The Hall–Kier alpha value is -0.243. The van der Waals surface area contributed by atoms with Crippen LogP contribution in [0.3, 0.4) is 0 Å². The third-order valence-electron chi connectivity index (χ3n) is 2.39. The molecule has 0 heterocycles. The van der Waals surface area contributed by atoms with E-state index in [4.69, 9.17) is 4.43 Å². The fraction of sp³-hybridized carbons (Fsp3) is 0.778. The maximum absolute atomic E-state index is 5.78. The van der Waals surface area contributed by atoms with Crippen molar-refractivity contribution in [1.29, 1.82) is 0 Å². The molecule has 2 heteroatoms. The number of hydrogen-bond acceptors (Lipinski definition) is 1. The Bertz CT molecular complexity index is 108. The van der Waals surface area contributed by atoms with Gasteiger partial charge in [-0.15, -0.1) is 0 Å². The Morgan fingerprint density at radius 3 is 1.82 bits per heavy atom. The molecule has 1 nitrogen and oxygen atoms in total. The summed E-state index contributed by atoms with van der Waals surface area (Å²) >= 11 is 0. The average molecular weight is 172 g/mol. The second-order valence-corrected chi connectivity index (χ2v) is 7.55. The van der Waals surface area contributed by atoms with E-state index in [9.17, 15) is 0 Å². The van der Waals surface area contributed by atoms with Crippen LogP contribution < -0.4 is 0 Å². The first-order chi connectivity index (χ1) is 5.24. The van der Waals surface area contributed by atoms with Gasteiger partial charge in [0.05, 0.1) is 6.26 Å². The van der Waals surface area contributed by atoms with Crippen molar-refractivity contribution in [2.45, 2.75) is 45.8 Å². The van der Waals surface area contributed by atoms with Crippen LogP contribution in [0, 0.1) is 0 Å². The molecule has 11 heavy (non-hydrogen) atoms. The summed E-state index contributed by atoms with van der Waals surface area (Å²) in [5, 5.41) is 0. The summed E-state index contributed by atoms with van der Waals surface area (Å²) in [4.78, 5) is 0. The van der Waals surface area contributed by atoms with Gasteiger partial charge in [0, 0.05) is 0 Å². The highest BCUT2D eigenvalue weighted by molar-refractivity contribution is 6.73. The molecule has 0 atom stereocenters. The first kappa shape index (κ1) is 10.8. The fourth-order valence-corrected chi connectivity index (χ4v) is 3.64. The number of hydrogen-bond donors (Lipinski definition) is 0. The van der Waals surface area contributed by atoms with Crippen molar-refractivity contribution in [3.63, 3.8) is 0 Å². The van der Waals surface area contributed by atoms with Gasteiger partial charge < -0.3 is 4.43 Å². The van der Waals surface area contributed by atoms with Crippen LogP contribution in [-0.2, 0) is 4.43 Å². The molecule has 0 rings (SSSR count). The van der Waals surface area contributed by atoms with Crippen LogP contribution in [0.25, 0.3) is 0 Å². The molecule has 0 saturated carbocycles. The Balaban J connectivity index is 4.04. The molecule has 0 aliphatic carbocycles. The van der Waals surface area contributed by atoms with E-state index < -0.39 is 8.32 Å². The molecule has 0 unspecified atom stereocenters. The Kier molecular flexibility index (Phi) is 5.29. The monoisotopic (exact) mass is 172 g/mol. The summed E-state index contributed by atoms with van der Waals surface area (Å²) in [7, 11) is -1.33. The second kappa shape index (κ2) is 5.41. The highest BCUT2D eigenvalue weighted by Crippen LogP contribution is 2.21. The van der Waals surface area contributed by atoms with Crippen LogP contribution in [0.2, 0.25) is 18.1 Å². The largest absolute Gasteiger partial charge is 0.549 e. The van der Waals surface area contributed by atoms with Crippen molar-refractivity contribution < 1.29 is 4.43 Å². The molecule has 0 spiro atoms. The van der Waals surface area contributed by atoms with E-state index in [0.717, 1.165) is 0 Å². The van der Waals surface area contributed by atoms with Crippen molar-refractivity contribution in [1.82, 2.24) is 0 Å². The van der Waals surface area contributed by atoms with Crippen LogP contribution >= 0.6 is 0 Å². The maximum atomic E-state index is 5.78. The molecule has 0 N–H and O–H groups in total. The molecule has 66 valence electrons. The zero-order chi connectivity index (χ0) is 8.74. The minimum absolute atomic E-state index is 1.23. The lowest BCUT2D eigenvalue weighted by molar-refractivity contribution is 0.457. The molecule has 0 fully saturated rings. The molecule has 0 aromatic rings. The van der Waals surface area contributed by atoms with Crippen molar-refractivity contribution >= 4 is 8.32 Å². The van der Waals surface area contributed by atoms with E-state index >= 15 is 0 Å². The molecule has 0 aliphatic heterocycles.